The summed E-state index contributed by atoms with van der Waals surface area (Å²) in [7, 11) is 0. The molecule has 2 rings (SSSR count). The molecule has 0 fully saturated rings. The summed E-state index contributed by atoms with van der Waals surface area (Å²) in [6.07, 6.45) is -2.03. The van der Waals surface area contributed by atoms with Gasteiger partial charge in [-0.05, 0) is 18.2 Å². The first kappa shape index (κ1) is 21.2. The fourth-order valence-electron chi connectivity index (χ4n) is 2.54. The molecule has 2 aromatic rings. The van der Waals surface area contributed by atoms with E-state index in [9.17, 15) is 23.4 Å². The molecular weight excluding hydrogens is 416 g/mol. The number of hydrogen-bond acceptors (Lipinski definition) is 4. The van der Waals surface area contributed by atoms with E-state index in [1.807, 2.05) is 0 Å². The van der Waals surface area contributed by atoms with Crippen LogP contribution in [0.3, 0.4) is 0 Å². The van der Waals surface area contributed by atoms with E-state index in [0.717, 1.165) is 0 Å². The van der Waals surface area contributed by atoms with Gasteiger partial charge >= 0.3 is 0 Å². The van der Waals surface area contributed by atoms with Crippen molar-refractivity contribution in [2.75, 3.05) is 6.54 Å². The number of rotatable bonds is 5. The normalized spacial score (nSPS) is 16.2. The summed E-state index contributed by atoms with van der Waals surface area (Å²) in [5.41, 5.74) is 8.32. The summed E-state index contributed by atoms with van der Waals surface area (Å²) in [6, 6.07) is 1.66. The number of aliphatic hydroxyl groups excluding tert-OH is 1. The Labute approximate surface area is 162 Å². The molecule has 0 aliphatic rings. The molecule has 142 valence electrons. The highest BCUT2D eigenvalue weighted by molar-refractivity contribution is 6.43. The first-order valence-corrected chi connectivity index (χ1v) is 8.31. The van der Waals surface area contributed by atoms with Crippen LogP contribution >= 0.6 is 34.8 Å². The van der Waals surface area contributed by atoms with Crippen molar-refractivity contribution in [2.24, 2.45) is 11.5 Å². The van der Waals surface area contributed by atoms with Crippen LogP contribution in [0.25, 0.3) is 0 Å². The van der Waals surface area contributed by atoms with Crippen molar-refractivity contribution in [1.82, 2.24) is 0 Å². The van der Waals surface area contributed by atoms with E-state index in [1.165, 1.54) is 12.1 Å². The minimum Gasteiger partial charge on any atom is -0.387 e. The van der Waals surface area contributed by atoms with Crippen LogP contribution in [-0.4, -0.2) is 22.8 Å². The van der Waals surface area contributed by atoms with Crippen LogP contribution in [0.15, 0.2) is 24.3 Å². The summed E-state index contributed by atoms with van der Waals surface area (Å²) in [5, 5.41) is 21.2. The van der Waals surface area contributed by atoms with E-state index in [1.54, 1.807) is 0 Å². The number of halogens is 6. The van der Waals surface area contributed by atoms with Crippen LogP contribution < -0.4 is 11.5 Å². The summed E-state index contributed by atoms with van der Waals surface area (Å²) < 4.78 is 40.8. The summed E-state index contributed by atoms with van der Waals surface area (Å²) >= 11 is 17.9. The summed E-state index contributed by atoms with van der Waals surface area (Å²) in [6.45, 7) is -0.582. The summed E-state index contributed by atoms with van der Waals surface area (Å²) in [5.74, 6) is -4.17. The van der Waals surface area contributed by atoms with E-state index in [-0.39, 0.29) is 20.6 Å². The molecule has 6 N–H and O–H groups in total. The second-order valence-corrected chi connectivity index (χ2v) is 6.86. The second-order valence-electron chi connectivity index (χ2n) is 5.64. The Bertz CT molecular complexity index is 841. The number of hydrogen-bond donors (Lipinski definition) is 4. The molecule has 26 heavy (non-hydrogen) atoms. The molecule has 0 bridgehead atoms. The maximum absolute atomic E-state index is 14.0. The van der Waals surface area contributed by atoms with Crippen molar-refractivity contribution in [3.05, 3.63) is 67.9 Å². The maximum Gasteiger partial charge on any atom is 0.164 e. The zero-order valence-electron chi connectivity index (χ0n) is 13.0. The Morgan fingerprint density at radius 1 is 1.08 bits per heavy atom. The van der Waals surface area contributed by atoms with Crippen molar-refractivity contribution in [1.29, 1.82) is 0 Å². The molecule has 3 atom stereocenters. The molecule has 4 nitrogen and oxygen atoms in total. The molecule has 2 unspecified atom stereocenters. The van der Waals surface area contributed by atoms with Crippen molar-refractivity contribution in [3.8, 4) is 0 Å². The largest absolute Gasteiger partial charge is 0.387 e. The van der Waals surface area contributed by atoms with E-state index < -0.39 is 47.3 Å². The molecule has 0 aliphatic heterocycles. The molecule has 0 heterocycles. The third-order valence-corrected chi connectivity index (χ3v) is 5.02. The van der Waals surface area contributed by atoms with Gasteiger partial charge in [0.2, 0.25) is 0 Å². The predicted molar refractivity (Wildman–Crippen MR) is 93.7 cm³/mol. The van der Waals surface area contributed by atoms with Crippen LogP contribution in [0.2, 0.25) is 15.1 Å². The van der Waals surface area contributed by atoms with Crippen LogP contribution in [0, 0.1) is 17.5 Å². The number of nitrogens with two attached hydrogens (primary N) is 2. The van der Waals surface area contributed by atoms with Crippen LogP contribution in [0.4, 0.5) is 13.2 Å². The van der Waals surface area contributed by atoms with E-state index in [2.05, 4.69) is 0 Å². The van der Waals surface area contributed by atoms with Crippen LogP contribution in [-0.2, 0) is 5.60 Å². The van der Waals surface area contributed by atoms with Gasteiger partial charge < -0.3 is 21.7 Å². The van der Waals surface area contributed by atoms with Gasteiger partial charge in [-0.2, -0.15) is 0 Å². The van der Waals surface area contributed by atoms with Gasteiger partial charge in [-0.25, -0.2) is 13.2 Å². The average molecular weight is 430 g/mol. The third kappa shape index (κ3) is 3.80. The quantitative estimate of drug-likeness (QED) is 0.549. The van der Waals surface area contributed by atoms with E-state index in [0.29, 0.717) is 12.1 Å². The lowest BCUT2D eigenvalue weighted by atomic mass is 9.81. The van der Waals surface area contributed by atoms with Gasteiger partial charge in [-0.1, -0.05) is 34.8 Å². The molecule has 0 saturated carbocycles. The van der Waals surface area contributed by atoms with Crippen molar-refractivity contribution >= 4 is 34.8 Å². The highest BCUT2D eigenvalue weighted by atomic mass is 35.5. The van der Waals surface area contributed by atoms with Gasteiger partial charge in [-0.3, -0.25) is 0 Å². The molecule has 0 radical (unpaired) electrons. The monoisotopic (exact) mass is 428 g/mol. The van der Waals surface area contributed by atoms with E-state index >= 15 is 0 Å². The van der Waals surface area contributed by atoms with Crippen LogP contribution in [0.5, 0.6) is 0 Å². The summed E-state index contributed by atoms with van der Waals surface area (Å²) in [4.78, 5) is 0. The molecule has 0 amide bonds. The fraction of sp³-hybridized carbons (Fsp3) is 0.250. The highest BCUT2D eigenvalue weighted by Crippen LogP contribution is 2.40. The molecule has 0 spiro atoms. The SMILES string of the molecule is NC[C@@](O)(c1cc(Cl)cc(Cl)c1Cl)C(N)C(O)c1cc(F)cc(F)c1F. The molecule has 0 aromatic heterocycles. The molecule has 0 saturated heterocycles. The van der Waals surface area contributed by atoms with Crippen molar-refractivity contribution in [3.63, 3.8) is 0 Å². The highest BCUT2D eigenvalue weighted by Gasteiger charge is 2.43. The fourth-order valence-corrected chi connectivity index (χ4v) is 3.31. The van der Waals surface area contributed by atoms with E-state index in [4.69, 9.17) is 46.3 Å². The molecule has 10 heteroatoms. The van der Waals surface area contributed by atoms with Gasteiger partial charge in [0.15, 0.2) is 11.6 Å². The Morgan fingerprint density at radius 2 is 1.69 bits per heavy atom. The second kappa shape index (κ2) is 7.90. The molecule has 2 aromatic carbocycles. The third-order valence-electron chi connectivity index (χ3n) is 4.00. The van der Waals surface area contributed by atoms with Gasteiger partial charge in [0.05, 0.1) is 16.1 Å². The first-order chi connectivity index (χ1) is 12.0. The number of benzene rings is 2. The first-order valence-electron chi connectivity index (χ1n) is 7.18. The molecule has 0 aliphatic carbocycles. The van der Waals surface area contributed by atoms with Crippen molar-refractivity contribution < 1.29 is 23.4 Å². The minimum atomic E-state index is -2.24. The Kier molecular flexibility index (Phi) is 6.45. The standard InChI is InChI=1S/C16H14Cl3F3N2O2/c17-6-1-9(12(19)10(18)2-6)16(26,5-23)15(24)14(25)8-3-7(20)4-11(21)13(8)22/h1-4,14-15,25-26H,5,23-24H2/t14?,15?,16-/m1/s1. The topological polar surface area (TPSA) is 92.5 Å². The minimum absolute atomic E-state index is 0.0225. The lowest BCUT2D eigenvalue weighted by Gasteiger charge is -2.37. The van der Waals surface area contributed by atoms with Gasteiger partial charge in [0, 0.05) is 28.8 Å². The van der Waals surface area contributed by atoms with Gasteiger partial charge in [0.25, 0.3) is 0 Å². The smallest absolute Gasteiger partial charge is 0.164 e. The Morgan fingerprint density at radius 3 is 2.27 bits per heavy atom. The average Bonchev–Trinajstić information content (AvgIpc) is 2.59. The van der Waals surface area contributed by atoms with Gasteiger partial charge in [-0.15, -0.1) is 0 Å². The Balaban J connectivity index is 2.57. The molecular formula is C16H14Cl3F3N2O2. The lowest BCUT2D eigenvalue weighted by molar-refractivity contribution is -0.0323. The zero-order chi connectivity index (χ0) is 19.8. The van der Waals surface area contributed by atoms with Crippen LogP contribution in [0.1, 0.15) is 17.2 Å². The van der Waals surface area contributed by atoms with Crippen molar-refractivity contribution in [2.45, 2.75) is 17.7 Å². The Hall–Kier alpha value is -1.06. The van der Waals surface area contributed by atoms with Gasteiger partial charge in [0.1, 0.15) is 17.5 Å². The lowest BCUT2D eigenvalue weighted by Crippen LogP contribution is -2.54. The maximum atomic E-state index is 14.0. The number of aliphatic hydroxyl groups is 2. The zero-order valence-corrected chi connectivity index (χ0v) is 15.3. The predicted octanol–water partition coefficient (Wildman–Crippen LogP) is 3.27.